The first-order chi connectivity index (χ1) is 11.1. The van der Waals surface area contributed by atoms with Crippen molar-refractivity contribution >= 4 is 27.4 Å². The van der Waals surface area contributed by atoms with Crippen molar-refractivity contribution in [2.45, 2.75) is 0 Å². The number of aromatic carboxylic acids is 1. The molecule has 1 aromatic carbocycles. The molecule has 0 radical (unpaired) electrons. The van der Waals surface area contributed by atoms with Crippen LogP contribution in [0.25, 0.3) is 16.6 Å². The first-order valence-corrected chi connectivity index (χ1v) is 7.61. The van der Waals surface area contributed by atoms with Gasteiger partial charge >= 0.3 is 5.97 Å². The zero-order chi connectivity index (χ0) is 16.6. The van der Waals surface area contributed by atoms with E-state index in [1.165, 1.54) is 0 Å². The van der Waals surface area contributed by atoms with Gasteiger partial charge in [0.1, 0.15) is 11.5 Å². The third-order valence-corrected chi connectivity index (χ3v) is 4.28. The van der Waals surface area contributed by atoms with E-state index < -0.39 is 5.97 Å². The SMILES string of the molecule is COc1cc(OC)c(-c2cn3ccccc3c2C(=O)O)cc1Br. The van der Waals surface area contributed by atoms with Crippen molar-refractivity contribution in [2.24, 2.45) is 0 Å². The second-order valence-electron chi connectivity index (χ2n) is 4.90. The van der Waals surface area contributed by atoms with E-state index >= 15 is 0 Å². The standard InChI is InChI=1S/C17H14BrNO4/c1-22-14-8-15(23-2)12(18)7-10(14)11-9-19-6-4-3-5-13(19)16(11)17(20)21/h3-9H,1-2H3,(H,20,21). The molecule has 0 spiro atoms. The van der Waals surface area contributed by atoms with Gasteiger partial charge in [0.25, 0.3) is 0 Å². The molecule has 3 rings (SSSR count). The first-order valence-electron chi connectivity index (χ1n) is 6.81. The lowest BCUT2D eigenvalue weighted by atomic mass is 10.0. The Bertz CT molecular complexity index is 901. The van der Waals surface area contributed by atoms with Crippen LogP contribution < -0.4 is 9.47 Å². The highest BCUT2D eigenvalue weighted by Crippen LogP contribution is 2.41. The van der Waals surface area contributed by atoms with Crippen molar-refractivity contribution in [1.82, 2.24) is 4.40 Å². The molecule has 0 aliphatic rings. The summed E-state index contributed by atoms with van der Waals surface area (Å²) in [6.07, 6.45) is 3.60. The van der Waals surface area contributed by atoms with Crippen molar-refractivity contribution in [2.75, 3.05) is 14.2 Å². The summed E-state index contributed by atoms with van der Waals surface area (Å²) in [5.74, 6) is 0.178. The van der Waals surface area contributed by atoms with Crippen LogP contribution in [0, 0.1) is 0 Å². The summed E-state index contributed by atoms with van der Waals surface area (Å²) in [7, 11) is 3.11. The molecule has 0 unspecified atom stereocenters. The van der Waals surface area contributed by atoms with E-state index in [2.05, 4.69) is 15.9 Å². The van der Waals surface area contributed by atoms with E-state index in [1.807, 2.05) is 18.3 Å². The average molecular weight is 376 g/mol. The van der Waals surface area contributed by atoms with E-state index in [-0.39, 0.29) is 5.56 Å². The number of rotatable bonds is 4. The van der Waals surface area contributed by atoms with Gasteiger partial charge in [0, 0.05) is 29.6 Å². The van der Waals surface area contributed by atoms with E-state index in [4.69, 9.17) is 9.47 Å². The molecule has 0 atom stereocenters. The predicted molar refractivity (Wildman–Crippen MR) is 90.6 cm³/mol. The number of pyridine rings is 1. The summed E-state index contributed by atoms with van der Waals surface area (Å²) in [6, 6.07) is 8.97. The fourth-order valence-electron chi connectivity index (χ4n) is 2.62. The highest BCUT2D eigenvalue weighted by atomic mass is 79.9. The van der Waals surface area contributed by atoms with E-state index in [9.17, 15) is 9.90 Å². The van der Waals surface area contributed by atoms with Crippen LogP contribution in [-0.2, 0) is 0 Å². The molecule has 1 N–H and O–H groups in total. The second kappa shape index (κ2) is 5.96. The summed E-state index contributed by atoms with van der Waals surface area (Å²) < 4.78 is 13.2. The summed E-state index contributed by atoms with van der Waals surface area (Å²) >= 11 is 3.44. The predicted octanol–water partition coefficient (Wildman–Crippen LogP) is 4.08. The number of carboxylic acids is 1. The second-order valence-corrected chi connectivity index (χ2v) is 5.76. The van der Waals surface area contributed by atoms with Crippen LogP contribution >= 0.6 is 15.9 Å². The Morgan fingerprint density at radius 1 is 1.13 bits per heavy atom. The Hall–Kier alpha value is -2.47. The van der Waals surface area contributed by atoms with Gasteiger partial charge in [0.15, 0.2) is 0 Å². The largest absolute Gasteiger partial charge is 0.496 e. The molecule has 2 aromatic heterocycles. The quantitative estimate of drug-likeness (QED) is 0.745. The normalized spacial score (nSPS) is 10.7. The maximum absolute atomic E-state index is 11.8. The van der Waals surface area contributed by atoms with E-state index in [1.54, 1.807) is 43.0 Å². The Balaban J connectivity index is 2.34. The zero-order valence-corrected chi connectivity index (χ0v) is 14.1. The van der Waals surface area contributed by atoms with Crippen molar-refractivity contribution in [1.29, 1.82) is 0 Å². The van der Waals surface area contributed by atoms with Crippen LogP contribution in [0.1, 0.15) is 10.4 Å². The first kappa shape index (κ1) is 15.4. The molecule has 2 heterocycles. The summed E-state index contributed by atoms with van der Waals surface area (Å²) in [4.78, 5) is 11.8. The fourth-order valence-corrected chi connectivity index (χ4v) is 3.13. The third-order valence-electron chi connectivity index (χ3n) is 3.66. The molecule has 0 aliphatic carbocycles. The van der Waals surface area contributed by atoms with Crippen LogP contribution in [0.3, 0.4) is 0 Å². The molecule has 0 fully saturated rings. The highest BCUT2D eigenvalue weighted by molar-refractivity contribution is 9.10. The van der Waals surface area contributed by atoms with Crippen LogP contribution in [0.2, 0.25) is 0 Å². The van der Waals surface area contributed by atoms with Gasteiger partial charge in [-0.25, -0.2) is 4.79 Å². The average Bonchev–Trinajstić information content (AvgIpc) is 2.94. The van der Waals surface area contributed by atoms with Gasteiger partial charge in [0.05, 0.1) is 29.8 Å². The molecular weight excluding hydrogens is 362 g/mol. The van der Waals surface area contributed by atoms with Gasteiger partial charge in [-0.15, -0.1) is 0 Å². The van der Waals surface area contributed by atoms with Crippen LogP contribution in [0.4, 0.5) is 0 Å². The maximum Gasteiger partial charge on any atom is 0.338 e. The van der Waals surface area contributed by atoms with Crippen molar-refractivity contribution in [3.05, 3.63) is 52.8 Å². The van der Waals surface area contributed by atoms with Gasteiger partial charge in [-0.2, -0.15) is 0 Å². The molecule has 6 heteroatoms. The van der Waals surface area contributed by atoms with Gasteiger partial charge < -0.3 is 19.0 Å². The Labute approximate surface area is 141 Å². The van der Waals surface area contributed by atoms with Gasteiger partial charge in [0.2, 0.25) is 0 Å². The topological polar surface area (TPSA) is 60.2 Å². The number of hydrogen-bond acceptors (Lipinski definition) is 3. The maximum atomic E-state index is 11.8. The number of carboxylic acid groups (broad SMARTS) is 1. The Kier molecular flexibility index (Phi) is 4.00. The number of ether oxygens (including phenoxy) is 2. The number of carbonyl (C=O) groups is 1. The minimum absolute atomic E-state index is 0.237. The highest BCUT2D eigenvalue weighted by Gasteiger charge is 2.22. The number of hydrogen-bond donors (Lipinski definition) is 1. The van der Waals surface area contributed by atoms with E-state index in [0.29, 0.717) is 28.1 Å². The van der Waals surface area contributed by atoms with Crippen LogP contribution in [-0.4, -0.2) is 29.7 Å². The number of aromatic nitrogens is 1. The van der Waals surface area contributed by atoms with Crippen LogP contribution in [0.5, 0.6) is 11.5 Å². The summed E-state index contributed by atoms with van der Waals surface area (Å²) in [5.41, 5.74) is 2.13. The molecule has 0 amide bonds. The van der Waals surface area contributed by atoms with Crippen molar-refractivity contribution in [3.63, 3.8) is 0 Å². The van der Waals surface area contributed by atoms with E-state index in [0.717, 1.165) is 4.47 Å². The third kappa shape index (κ3) is 2.55. The molecule has 23 heavy (non-hydrogen) atoms. The minimum Gasteiger partial charge on any atom is -0.496 e. The number of nitrogens with zero attached hydrogens (tertiary/aromatic N) is 1. The lowest BCUT2D eigenvalue weighted by molar-refractivity contribution is 0.0700. The molecule has 0 saturated heterocycles. The van der Waals surface area contributed by atoms with Crippen molar-refractivity contribution in [3.8, 4) is 22.6 Å². The summed E-state index contributed by atoms with van der Waals surface area (Å²) in [6.45, 7) is 0. The number of halogens is 1. The molecular formula is C17H14BrNO4. The monoisotopic (exact) mass is 375 g/mol. The zero-order valence-electron chi connectivity index (χ0n) is 12.5. The summed E-state index contributed by atoms with van der Waals surface area (Å²) in [5, 5.41) is 9.66. The number of benzene rings is 1. The lowest BCUT2D eigenvalue weighted by Gasteiger charge is -2.12. The molecule has 0 aliphatic heterocycles. The lowest BCUT2D eigenvalue weighted by Crippen LogP contribution is -1.99. The Morgan fingerprint density at radius 3 is 2.52 bits per heavy atom. The number of fused-ring (bicyclic) bond motifs is 1. The van der Waals surface area contributed by atoms with Gasteiger partial charge in [-0.3, -0.25) is 0 Å². The molecule has 118 valence electrons. The fraction of sp³-hybridized carbons (Fsp3) is 0.118. The smallest absolute Gasteiger partial charge is 0.338 e. The van der Waals surface area contributed by atoms with Gasteiger partial charge in [-0.05, 0) is 34.1 Å². The molecule has 3 aromatic rings. The Morgan fingerprint density at radius 2 is 1.87 bits per heavy atom. The molecule has 5 nitrogen and oxygen atoms in total. The minimum atomic E-state index is -0.984. The molecule has 0 bridgehead atoms. The van der Waals surface area contributed by atoms with Crippen molar-refractivity contribution < 1.29 is 19.4 Å². The molecule has 0 saturated carbocycles. The van der Waals surface area contributed by atoms with Gasteiger partial charge in [-0.1, -0.05) is 6.07 Å². The van der Waals surface area contributed by atoms with Crippen LogP contribution in [0.15, 0.2) is 47.2 Å². The number of methoxy groups -OCH3 is 2.